The fourth-order valence-electron chi connectivity index (χ4n) is 3.71. The number of hydroxylamine groups is 1. The van der Waals surface area contributed by atoms with E-state index < -0.39 is 8.32 Å². The monoisotopic (exact) mass is 369 g/mol. The molecule has 138 valence electrons. The normalized spacial score (nSPS) is 18.0. The number of hydrogen-bond donors (Lipinski definition) is 1. The summed E-state index contributed by atoms with van der Waals surface area (Å²) in [5.74, 6) is -0.0551. The third kappa shape index (κ3) is 3.75. The first-order valence-electron chi connectivity index (χ1n) is 9.13. The third-order valence-corrected chi connectivity index (χ3v) is 9.97. The molecule has 0 aliphatic carbocycles. The molecule has 0 saturated carbocycles. The highest BCUT2D eigenvalue weighted by atomic mass is 28.4. The van der Waals surface area contributed by atoms with Gasteiger partial charge >= 0.3 is 0 Å². The molecule has 0 spiro atoms. The molecule has 1 fully saturated rings. The first-order valence-corrected chi connectivity index (χ1v) is 11.0. The number of amides is 1. The molecule has 1 aliphatic rings. The summed E-state index contributed by atoms with van der Waals surface area (Å²) in [4.78, 5) is 16.7. The molecule has 1 unspecified atom stereocenters. The average Bonchev–Trinajstić information content (AvgIpc) is 3.04. The Hall–Kier alpha value is -1.95. The van der Waals surface area contributed by atoms with E-state index in [2.05, 4.69) is 74.8 Å². The molecule has 1 aliphatic heterocycles. The van der Waals surface area contributed by atoms with E-state index in [9.17, 15) is 4.79 Å². The predicted molar refractivity (Wildman–Crippen MR) is 106 cm³/mol. The fourth-order valence-corrected chi connectivity index (χ4v) is 8.28. The molecule has 4 nitrogen and oxygen atoms in total. The lowest BCUT2D eigenvalue weighted by Crippen LogP contribution is -2.66. The highest BCUT2D eigenvalue weighted by Crippen LogP contribution is 2.36. The predicted octanol–water partition coefficient (Wildman–Crippen LogP) is 2.77. The highest BCUT2D eigenvalue weighted by Gasteiger charge is 2.50. The third-order valence-electron chi connectivity index (χ3n) is 4.93. The molecule has 0 aromatic heterocycles. The Labute approximate surface area is 156 Å². The molecule has 5 heteroatoms. The van der Waals surface area contributed by atoms with Gasteiger partial charge in [-0.2, -0.15) is 0 Å². The minimum Gasteiger partial charge on any atom is -0.407 e. The van der Waals surface area contributed by atoms with E-state index in [0.717, 1.165) is 0 Å². The number of carbonyl (C=O) groups excluding carboxylic acids is 1. The fraction of sp³-hybridized carbons (Fsp3) is 0.381. The molecular formula is C21H27NO3Si. The van der Waals surface area contributed by atoms with E-state index in [1.165, 1.54) is 10.4 Å². The Morgan fingerprint density at radius 2 is 1.58 bits per heavy atom. The maximum atomic E-state index is 11.3. The minimum absolute atomic E-state index is 0.0414. The lowest BCUT2D eigenvalue weighted by Gasteiger charge is -2.43. The van der Waals surface area contributed by atoms with Crippen LogP contribution < -0.4 is 15.9 Å². The Morgan fingerprint density at radius 3 is 2.00 bits per heavy atom. The maximum absolute atomic E-state index is 11.3. The summed E-state index contributed by atoms with van der Waals surface area (Å²) < 4.78 is 6.78. The van der Waals surface area contributed by atoms with Crippen LogP contribution in [0.25, 0.3) is 0 Å². The van der Waals surface area contributed by atoms with E-state index >= 15 is 0 Å². The molecule has 2 aromatic rings. The van der Waals surface area contributed by atoms with Gasteiger partial charge in [0.2, 0.25) is 5.91 Å². The van der Waals surface area contributed by atoms with Crippen LogP contribution in [0.2, 0.25) is 5.04 Å². The second-order valence-corrected chi connectivity index (χ2v) is 12.1. The van der Waals surface area contributed by atoms with Crippen molar-refractivity contribution in [1.82, 2.24) is 5.48 Å². The van der Waals surface area contributed by atoms with Crippen molar-refractivity contribution in [3.05, 3.63) is 60.7 Å². The van der Waals surface area contributed by atoms with Crippen LogP contribution in [0.15, 0.2) is 60.7 Å². The van der Waals surface area contributed by atoms with Gasteiger partial charge in [-0.15, -0.1) is 0 Å². The average molecular weight is 370 g/mol. The van der Waals surface area contributed by atoms with Gasteiger partial charge in [0.25, 0.3) is 8.32 Å². The van der Waals surface area contributed by atoms with Gasteiger partial charge in [-0.1, -0.05) is 81.4 Å². The summed E-state index contributed by atoms with van der Waals surface area (Å²) >= 11 is 0. The number of benzene rings is 2. The Bertz CT molecular complexity index is 688. The zero-order valence-corrected chi connectivity index (χ0v) is 16.7. The molecule has 0 radical (unpaired) electrons. The summed E-state index contributed by atoms with van der Waals surface area (Å²) in [5, 5.41) is 2.49. The Kier molecular flexibility index (Phi) is 5.60. The number of hydrogen-bond acceptors (Lipinski definition) is 3. The van der Waals surface area contributed by atoms with Gasteiger partial charge in [0, 0.05) is 6.61 Å². The molecule has 1 saturated heterocycles. The number of carbonyl (C=O) groups is 1. The largest absolute Gasteiger partial charge is 0.407 e. The van der Waals surface area contributed by atoms with Gasteiger partial charge in [-0.25, -0.2) is 5.48 Å². The van der Waals surface area contributed by atoms with Crippen molar-refractivity contribution in [2.24, 2.45) is 0 Å². The molecule has 1 N–H and O–H groups in total. The SMILES string of the molecule is CC(C)(C)[Si](OCCC1CC(=O)NO1)(c1ccccc1)c1ccccc1. The van der Waals surface area contributed by atoms with E-state index in [1.54, 1.807) is 0 Å². The highest BCUT2D eigenvalue weighted by molar-refractivity contribution is 6.99. The van der Waals surface area contributed by atoms with E-state index in [1.807, 2.05) is 12.1 Å². The van der Waals surface area contributed by atoms with Crippen molar-refractivity contribution in [3.63, 3.8) is 0 Å². The van der Waals surface area contributed by atoms with Crippen LogP contribution in [0.4, 0.5) is 0 Å². The lowest BCUT2D eigenvalue weighted by atomic mass is 10.2. The van der Waals surface area contributed by atoms with Crippen LogP contribution in [0, 0.1) is 0 Å². The topological polar surface area (TPSA) is 47.6 Å². The zero-order chi connectivity index (χ0) is 18.6. The molecule has 2 aromatic carbocycles. The minimum atomic E-state index is -2.50. The van der Waals surface area contributed by atoms with E-state index in [4.69, 9.17) is 9.26 Å². The second-order valence-electron chi connectivity index (χ2n) is 7.77. The summed E-state index contributed by atoms with van der Waals surface area (Å²) in [5.41, 5.74) is 2.43. The van der Waals surface area contributed by atoms with Crippen molar-refractivity contribution in [1.29, 1.82) is 0 Å². The Morgan fingerprint density at radius 1 is 1.04 bits per heavy atom. The zero-order valence-electron chi connectivity index (χ0n) is 15.7. The van der Waals surface area contributed by atoms with Crippen molar-refractivity contribution >= 4 is 24.6 Å². The quantitative estimate of drug-likeness (QED) is 0.797. The first-order chi connectivity index (χ1) is 12.4. The van der Waals surface area contributed by atoms with Gasteiger partial charge in [-0.3, -0.25) is 9.63 Å². The second kappa shape index (κ2) is 7.74. The van der Waals surface area contributed by atoms with Crippen LogP contribution in [-0.4, -0.2) is 26.9 Å². The molecule has 1 heterocycles. The van der Waals surface area contributed by atoms with Crippen molar-refractivity contribution in [2.45, 2.75) is 44.8 Å². The molecule has 26 heavy (non-hydrogen) atoms. The number of nitrogens with one attached hydrogen (secondary N) is 1. The van der Waals surface area contributed by atoms with Gasteiger partial charge < -0.3 is 4.43 Å². The summed E-state index contributed by atoms with van der Waals surface area (Å²) in [6, 6.07) is 21.1. The van der Waals surface area contributed by atoms with Crippen molar-refractivity contribution < 1.29 is 14.1 Å². The van der Waals surface area contributed by atoms with Crippen LogP contribution in [0.1, 0.15) is 33.6 Å². The Balaban J connectivity index is 1.93. The lowest BCUT2D eigenvalue weighted by molar-refractivity contribution is -0.124. The van der Waals surface area contributed by atoms with E-state index in [-0.39, 0.29) is 17.0 Å². The molecule has 0 bridgehead atoms. The molecule has 1 atom stereocenters. The maximum Gasteiger partial charge on any atom is 0.261 e. The van der Waals surface area contributed by atoms with Crippen LogP contribution >= 0.6 is 0 Å². The van der Waals surface area contributed by atoms with Gasteiger partial charge in [0.15, 0.2) is 0 Å². The smallest absolute Gasteiger partial charge is 0.261 e. The van der Waals surface area contributed by atoms with E-state index in [0.29, 0.717) is 19.4 Å². The number of rotatable bonds is 6. The molecule has 1 amide bonds. The first kappa shape index (κ1) is 18.8. The van der Waals surface area contributed by atoms with Crippen LogP contribution in [-0.2, 0) is 14.1 Å². The standard InChI is InChI=1S/C21H27NO3Si/c1-21(2,3)26(18-10-6-4-7-11-18,19-12-8-5-9-13-19)24-15-14-17-16-20(23)22-25-17/h4-13,17H,14-16H2,1-3H3,(H,22,23). The van der Waals surface area contributed by atoms with Crippen molar-refractivity contribution in [2.75, 3.05) is 6.61 Å². The van der Waals surface area contributed by atoms with Crippen molar-refractivity contribution in [3.8, 4) is 0 Å². The summed E-state index contributed by atoms with van der Waals surface area (Å²) in [7, 11) is -2.50. The van der Waals surface area contributed by atoms with Crippen LogP contribution in [0.5, 0.6) is 0 Å². The van der Waals surface area contributed by atoms with Gasteiger partial charge in [0.1, 0.15) is 0 Å². The molecular weight excluding hydrogens is 342 g/mol. The van der Waals surface area contributed by atoms with Crippen LogP contribution in [0.3, 0.4) is 0 Å². The van der Waals surface area contributed by atoms with Gasteiger partial charge in [-0.05, 0) is 21.8 Å². The molecule has 3 rings (SSSR count). The summed E-state index contributed by atoms with van der Waals surface area (Å²) in [6.07, 6.45) is 0.994. The van der Waals surface area contributed by atoms with Gasteiger partial charge in [0.05, 0.1) is 12.5 Å². The summed E-state index contributed by atoms with van der Waals surface area (Å²) in [6.45, 7) is 7.34.